The minimum absolute atomic E-state index is 0.310. The maximum absolute atomic E-state index is 6.29. The Kier molecular flexibility index (Phi) is 6.00. The minimum atomic E-state index is 0.310. The van der Waals surface area contributed by atoms with Gasteiger partial charge in [-0.2, -0.15) is 5.10 Å². The van der Waals surface area contributed by atoms with Gasteiger partial charge in [-0.1, -0.05) is 45.2 Å². The van der Waals surface area contributed by atoms with Crippen molar-refractivity contribution in [3.05, 3.63) is 16.9 Å². The number of halogens is 1. The van der Waals surface area contributed by atoms with Crippen molar-refractivity contribution in [3.63, 3.8) is 0 Å². The highest BCUT2D eigenvalue weighted by atomic mass is 35.5. The van der Waals surface area contributed by atoms with E-state index in [1.807, 2.05) is 4.68 Å². The molecule has 4 heteroatoms. The van der Waals surface area contributed by atoms with Gasteiger partial charge in [-0.3, -0.25) is 4.68 Å². The molecule has 3 nitrogen and oxygen atoms in total. The van der Waals surface area contributed by atoms with Crippen LogP contribution < -0.4 is 5.32 Å². The zero-order valence-corrected chi connectivity index (χ0v) is 12.1. The van der Waals surface area contributed by atoms with Crippen molar-refractivity contribution >= 4 is 11.6 Å². The van der Waals surface area contributed by atoms with Gasteiger partial charge in [0, 0.05) is 6.54 Å². The topological polar surface area (TPSA) is 29.9 Å². The SMILES string of the molecule is CCNC(c1c(Cl)cnn1CC)C(CC)CC. The van der Waals surface area contributed by atoms with Crippen molar-refractivity contribution in [1.82, 2.24) is 15.1 Å². The third-order valence-electron chi connectivity index (χ3n) is 3.37. The predicted octanol–water partition coefficient (Wildman–Crippen LogP) is 3.64. The molecule has 17 heavy (non-hydrogen) atoms. The van der Waals surface area contributed by atoms with Crippen LogP contribution in [0.25, 0.3) is 0 Å². The molecule has 1 aromatic rings. The third-order valence-corrected chi connectivity index (χ3v) is 3.66. The van der Waals surface area contributed by atoms with Gasteiger partial charge in [0.05, 0.1) is 23.0 Å². The molecule has 98 valence electrons. The molecule has 0 saturated carbocycles. The van der Waals surface area contributed by atoms with Crippen LogP contribution in [0.15, 0.2) is 6.20 Å². The van der Waals surface area contributed by atoms with Crippen molar-refractivity contribution in [3.8, 4) is 0 Å². The fourth-order valence-electron chi connectivity index (χ4n) is 2.40. The summed E-state index contributed by atoms with van der Waals surface area (Å²) in [4.78, 5) is 0. The lowest BCUT2D eigenvalue weighted by Gasteiger charge is -2.27. The van der Waals surface area contributed by atoms with Crippen molar-refractivity contribution in [2.75, 3.05) is 6.54 Å². The second-order valence-electron chi connectivity index (χ2n) is 4.31. The summed E-state index contributed by atoms with van der Waals surface area (Å²) in [7, 11) is 0. The van der Waals surface area contributed by atoms with Gasteiger partial charge in [-0.25, -0.2) is 0 Å². The van der Waals surface area contributed by atoms with Crippen molar-refractivity contribution < 1.29 is 0 Å². The number of aryl methyl sites for hydroxylation is 1. The molecule has 0 aliphatic carbocycles. The molecule has 0 aliphatic heterocycles. The zero-order chi connectivity index (χ0) is 12.8. The van der Waals surface area contributed by atoms with E-state index in [1.54, 1.807) is 6.20 Å². The number of aromatic nitrogens is 2. The number of nitrogens with one attached hydrogen (secondary N) is 1. The van der Waals surface area contributed by atoms with Gasteiger partial charge in [0.25, 0.3) is 0 Å². The van der Waals surface area contributed by atoms with Crippen LogP contribution in [0.4, 0.5) is 0 Å². The number of rotatable bonds is 7. The monoisotopic (exact) mass is 257 g/mol. The quantitative estimate of drug-likeness (QED) is 0.808. The van der Waals surface area contributed by atoms with Crippen molar-refractivity contribution in [1.29, 1.82) is 0 Å². The summed E-state index contributed by atoms with van der Waals surface area (Å²) < 4.78 is 2.01. The largest absolute Gasteiger partial charge is 0.309 e. The van der Waals surface area contributed by atoms with Crippen LogP contribution in [-0.4, -0.2) is 16.3 Å². The Labute approximate surface area is 110 Å². The van der Waals surface area contributed by atoms with Gasteiger partial charge < -0.3 is 5.32 Å². The number of nitrogens with zero attached hydrogens (tertiary/aromatic N) is 2. The Morgan fingerprint density at radius 1 is 1.29 bits per heavy atom. The smallest absolute Gasteiger partial charge is 0.0834 e. The summed E-state index contributed by atoms with van der Waals surface area (Å²) in [5.74, 6) is 0.606. The minimum Gasteiger partial charge on any atom is -0.309 e. The molecule has 1 aromatic heterocycles. The summed E-state index contributed by atoms with van der Waals surface area (Å²) in [6.45, 7) is 10.5. The van der Waals surface area contributed by atoms with Crippen LogP contribution >= 0.6 is 11.6 Å². The Hall–Kier alpha value is -0.540. The average molecular weight is 258 g/mol. The Morgan fingerprint density at radius 3 is 2.41 bits per heavy atom. The summed E-state index contributed by atoms with van der Waals surface area (Å²) >= 11 is 6.29. The lowest BCUT2D eigenvalue weighted by molar-refractivity contribution is 0.328. The van der Waals surface area contributed by atoms with Crippen molar-refractivity contribution in [2.45, 2.75) is 53.1 Å². The van der Waals surface area contributed by atoms with E-state index in [0.29, 0.717) is 12.0 Å². The number of hydrogen-bond acceptors (Lipinski definition) is 2. The van der Waals surface area contributed by atoms with Crippen LogP contribution in [-0.2, 0) is 6.54 Å². The fraction of sp³-hybridized carbons (Fsp3) is 0.769. The van der Waals surface area contributed by atoms with Crippen molar-refractivity contribution in [2.24, 2.45) is 5.92 Å². The molecule has 1 rings (SSSR count). The highest BCUT2D eigenvalue weighted by molar-refractivity contribution is 6.31. The van der Waals surface area contributed by atoms with E-state index < -0.39 is 0 Å². The van der Waals surface area contributed by atoms with Crippen LogP contribution in [0.2, 0.25) is 5.02 Å². The lowest BCUT2D eigenvalue weighted by Crippen LogP contribution is -2.30. The highest BCUT2D eigenvalue weighted by Gasteiger charge is 2.25. The molecular formula is C13H24ClN3. The van der Waals surface area contributed by atoms with E-state index in [4.69, 9.17) is 11.6 Å². The second kappa shape index (κ2) is 7.02. The molecule has 1 unspecified atom stereocenters. The molecule has 0 aliphatic rings. The van der Waals surface area contributed by atoms with E-state index in [0.717, 1.165) is 36.6 Å². The van der Waals surface area contributed by atoms with Crippen LogP contribution in [0.1, 0.15) is 52.3 Å². The maximum atomic E-state index is 6.29. The summed E-state index contributed by atoms with van der Waals surface area (Å²) in [5.41, 5.74) is 1.14. The Morgan fingerprint density at radius 2 is 1.94 bits per heavy atom. The van der Waals surface area contributed by atoms with Gasteiger partial charge >= 0.3 is 0 Å². The molecule has 0 saturated heterocycles. The third kappa shape index (κ3) is 3.23. The van der Waals surface area contributed by atoms with E-state index in [2.05, 4.69) is 38.1 Å². The molecule has 0 amide bonds. The first-order valence-corrected chi connectivity index (χ1v) is 7.01. The fourth-order valence-corrected chi connectivity index (χ4v) is 2.66. The first kappa shape index (κ1) is 14.5. The molecule has 1 heterocycles. The van der Waals surface area contributed by atoms with Gasteiger partial charge in [-0.05, 0) is 19.4 Å². The van der Waals surface area contributed by atoms with Crippen LogP contribution in [0, 0.1) is 5.92 Å². The van der Waals surface area contributed by atoms with Gasteiger partial charge in [0.2, 0.25) is 0 Å². The standard InChI is InChI=1S/C13H24ClN3/c1-5-10(6-2)12(15-7-3)13-11(14)9-16-17(13)8-4/h9-10,12,15H,5-8H2,1-4H3. The Bertz CT molecular complexity index is 331. The van der Waals surface area contributed by atoms with Gasteiger partial charge in [0.1, 0.15) is 0 Å². The molecule has 0 spiro atoms. The van der Waals surface area contributed by atoms with E-state index in [-0.39, 0.29) is 0 Å². The molecule has 1 N–H and O–H groups in total. The van der Waals surface area contributed by atoms with E-state index in [1.165, 1.54) is 0 Å². The lowest BCUT2D eigenvalue weighted by atomic mass is 9.91. The molecule has 0 radical (unpaired) electrons. The van der Waals surface area contributed by atoms with E-state index >= 15 is 0 Å². The summed E-state index contributed by atoms with van der Waals surface area (Å²) in [5, 5.41) is 8.67. The molecular weight excluding hydrogens is 234 g/mol. The molecule has 0 bridgehead atoms. The second-order valence-corrected chi connectivity index (χ2v) is 4.71. The molecule has 1 atom stereocenters. The summed E-state index contributed by atoms with van der Waals surface area (Å²) in [6, 6.07) is 0.310. The zero-order valence-electron chi connectivity index (χ0n) is 11.3. The summed E-state index contributed by atoms with van der Waals surface area (Å²) in [6.07, 6.45) is 4.06. The van der Waals surface area contributed by atoms with E-state index in [9.17, 15) is 0 Å². The first-order chi connectivity index (χ1) is 8.19. The maximum Gasteiger partial charge on any atom is 0.0834 e. The normalized spacial score (nSPS) is 13.3. The first-order valence-electron chi connectivity index (χ1n) is 6.63. The Balaban J connectivity index is 3.07. The van der Waals surface area contributed by atoms with Gasteiger partial charge in [-0.15, -0.1) is 0 Å². The molecule has 0 aromatic carbocycles. The highest BCUT2D eigenvalue weighted by Crippen LogP contribution is 2.31. The molecule has 0 fully saturated rings. The number of hydrogen-bond donors (Lipinski definition) is 1. The predicted molar refractivity (Wildman–Crippen MR) is 73.4 cm³/mol. The average Bonchev–Trinajstić information content (AvgIpc) is 2.70. The van der Waals surface area contributed by atoms with Crippen LogP contribution in [0.5, 0.6) is 0 Å². The van der Waals surface area contributed by atoms with Gasteiger partial charge in [0.15, 0.2) is 0 Å². The van der Waals surface area contributed by atoms with Crippen LogP contribution in [0.3, 0.4) is 0 Å².